The van der Waals surface area contributed by atoms with Crippen LogP contribution in [0.1, 0.15) is 98.6 Å². The Balaban J connectivity index is 2.19. The molecule has 0 heterocycles. The first kappa shape index (κ1) is 33.8. The summed E-state index contributed by atoms with van der Waals surface area (Å²) in [5.74, 6) is -0.380. The van der Waals surface area contributed by atoms with E-state index < -0.39 is 9.84 Å². The van der Waals surface area contributed by atoms with Crippen molar-refractivity contribution >= 4 is 27.4 Å². The standard InChI is InChI=1S/C31H42O9S/c1-6-11-25-27(16-14-24(22(5)33)31(25)40-18-9-13-29(34)38-8-3)39-19-10-20-41(36,37)28-17-15-23(21(4)32)30(35)26(28)12-7-2/h14-17,35H,6-13,18-20H2,1-5H3. The minimum atomic E-state index is -3.76. The predicted molar refractivity (Wildman–Crippen MR) is 156 cm³/mol. The highest BCUT2D eigenvalue weighted by Gasteiger charge is 2.24. The molecule has 10 heteroatoms. The number of rotatable bonds is 18. The number of esters is 1. The normalized spacial score (nSPS) is 11.2. The first-order valence-corrected chi connectivity index (χ1v) is 15.8. The van der Waals surface area contributed by atoms with Gasteiger partial charge in [0.1, 0.15) is 17.2 Å². The van der Waals surface area contributed by atoms with Gasteiger partial charge in [-0.25, -0.2) is 8.42 Å². The Hall–Kier alpha value is -3.40. The molecular formula is C31H42O9S. The van der Waals surface area contributed by atoms with E-state index in [2.05, 4.69) is 0 Å². The lowest BCUT2D eigenvalue weighted by molar-refractivity contribution is -0.143. The molecule has 0 atom stereocenters. The lowest BCUT2D eigenvalue weighted by Crippen LogP contribution is -2.14. The largest absolute Gasteiger partial charge is 0.507 e. The van der Waals surface area contributed by atoms with Gasteiger partial charge >= 0.3 is 5.97 Å². The Morgan fingerprint density at radius 2 is 1.41 bits per heavy atom. The summed E-state index contributed by atoms with van der Waals surface area (Å²) in [5, 5.41) is 10.6. The number of carbonyl (C=O) groups excluding carboxylic acids is 3. The van der Waals surface area contributed by atoms with Gasteiger partial charge in [-0.15, -0.1) is 0 Å². The van der Waals surface area contributed by atoms with E-state index in [-0.39, 0.29) is 71.1 Å². The summed E-state index contributed by atoms with van der Waals surface area (Å²) in [6.07, 6.45) is 3.06. The van der Waals surface area contributed by atoms with Crippen LogP contribution in [0, 0.1) is 0 Å². The summed E-state index contributed by atoms with van der Waals surface area (Å²) < 4.78 is 43.4. The molecule has 226 valence electrons. The zero-order chi connectivity index (χ0) is 30.6. The Bertz CT molecular complexity index is 1330. The van der Waals surface area contributed by atoms with Gasteiger partial charge in [0, 0.05) is 17.5 Å². The second-order valence-electron chi connectivity index (χ2n) is 9.75. The fourth-order valence-corrected chi connectivity index (χ4v) is 6.09. The Morgan fingerprint density at radius 1 is 0.805 bits per heavy atom. The maximum absolute atomic E-state index is 13.2. The SMILES string of the molecule is CCCc1c(S(=O)(=O)CCCOc2ccc(C(C)=O)c(OCCCC(=O)OCC)c2CCC)ccc(C(C)=O)c1O. The summed E-state index contributed by atoms with van der Waals surface area (Å²) in [6, 6.07) is 6.06. The van der Waals surface area contributed by atoms with Crippen molar-refractivity contribution in [1.82, 2.24) is 0 Å². The van der Waals surface area contributed by atoms with Gasteiger partial charge in [-0.1, -0.05) is 26.7 Å². The number of benzene rings is 2. The number of ether oxygens (including phenoxy) is 3. The minimum Gasteiger partial charge on any atom is -0.507 e. The highest BCUT2D eigenvalue weighted by molar-refractivity contribution is 7.91. The summed E-state index contributed by atoms with van der Waals surface area (Å²) >= 11 is 0. The molecule has 0 radical (unpaired) electrons. The molecule has 0 bridgehead atoms. The molecule has 41 heavy (non-hydrogen) atoms. The van der Waals surface area contributed by atoms with Gasteiger partial charge in [0.15, 0.2) is 21.4 Å². The van der Waals surface area contributed by atoms with Crippen LogP contribution in [0.4, 0.5) is 0 Å². The molecule has 0 saturated heterocycles. The predicted octanol–water partition coefficient (Wildman–Crippen LogP) is 5.67. The highest BCUT2D eigenvalue weighted by Crippen LogP contribution is 2.35. The molecular weight excluding hydrogens is 548 g/mol. The number of Topliss-reactive ketones (excluding diaryl/α,β-unsaturated/α-hetero) is 2. The van der Waals surface area contributed by atoms with Crippen molar-refractivity contribution in [3.05, 3.63) is 46.5 Å². The van der Waals surface area contributed by atoms with Crippen LogP contribution in [0.5, 0.6) is 17.2 Å². The summed E-state index contributed by atoms with van der Waals surface area (Å²) in [7, 11) is -3.76. The molecule has 0 aliphatic heterocycles. The fraction of sp³-hybridized carbons (Fsp3) is 0.516. The van der Waals surface area contributed by atoms with Crippen LogP contribution in [0.15, 0.2) is 29.2 Å². The Labute approximate surface area is 243 Å². The van der Waals surface area contributed by atoms with E-state index in [0.29, 0.717) is 54.9 Å². The second-order valence-corrected chi connectivity index (χ2v) is 11.8. The number of carbonyl (C=O) groups is 3. The number of phenolic OH excluding ortho intramolecular Hbond substituents is 1. The smallest absolute Gasteiger partial charge is 0.305 e. The van der Waals surface area contributed by atoms with E-state index in [1.807, 2.05) is 13.8 Å². The Kier molecular flexibility index (Phi) is 13.3. The van der Waals surface area contributed by atoms with Crippen LogP contribution in [0.3, 0.4) is 0 Å². The van der Waals surface area contributed by atoms with Crippen molar-refractivity contribution in [2.75, 3.05) is 25.6 Å². The summed E-state index contributed by atoms with van der Waals surface area (Å²) in [4.78, 5) is 35.8. The Morgan fingerprint density at radius 3 is 2.02 bits per heavy atom. The quantitative estimate of drug-likeness (QED) is 0.132. The number of hydrogen-bond donors (Lipinski definition) is 1. The molecule has 0 aliphatic rings. The van der Waals surface area contributed by atoms with Crippen LogP contribution in [0.2, 0.25) is 0 Å². The third-order valence-corrected chi connectivity index (χ3v) is 8.32. The van der Waals surface area contributed by atoms with E-state index >= 15 is 0 Å². The van der Waals surface area contributed by atoms with E-state index in [1.54, 1.807) is 19.1 Å². The zero-order valence-corrected chi connectivity index (χ0v) is 25.5. The van der Waals surface area contributed by atoms with Gasteiger partial charge in [-0.2, -0.15) is 0 Å². The third-order valence-electron chi connectivity index (χ3n) is 6.44. The molecule has 2 aromatic rings. The average Bonchev–Trinajstić information content (AvgIpc) is 2.91. The molecule has 0 aliphatic carbocycles. The molecule has 0 saturated carbocycles. The topological polar surface area (TPSA) is 133 Å². The zero-order valence-electron chi connectivity index (χ0n) is 24.7. The van der Waals surface area contributed by atoms with Crippen molar-refractivity contribution in [1.29, 1.82) is 0 Å². The summed E-state index contributed by atoms with van der Waals surface area (Å²) in [5.41, 5.74) is 1.49. The monoisotopic (exact) mass is 590 g/mol. The minimum absolute atomic E-state index is 0.0258. The first-order valence-electron chi connectivity index (χ1n) is 14.1. The third kappa shape index (κ3) is 9.31. The highest BCUT2D eigenvalue weighted by atomic mass is 32.2. The van der Waals surface area contributed by atoms with Crippen molar-refractivity contribution in [2.24, 2.45) is 0 Å². The number of ketones is 2. The fourth-order valence-electron chi connectivity index (χ4n) is 4.52. The lowest BCUT2D eigenvalue weighted by Gasteiger charge is -2.19. The van der Waals surface area contributed by atoms with Crippen LogP contribution < -0.4 is 9.47 Å². The van der Waals surface area contributed by atoms with E-state index in [1.165, 1.54) is 26.0 Å². The van der Waals surface area contributed by atoms with Crippen LogP contribution in [0.25, 0.3) is 0 Å². The second kappa shape index (κ2) is 16.1. The van der Waals surface area contributed by atoms with E-state index in [9.17, 15) is 27.9 Å². The first-order chi connectivity index (χ1) is 19.5. The molecule has 2 aromatic carbocycles. The molecule has 0 fully saturated rings. The molecule has 0 aromatic heterocycles. The molecule has 2 rings (SSSR count). The molecule has 0 spiro atoms. The van der Waals surface area contributed by atoms with Crippen molar-refractivity contribution in [2.45, 2.75) is 84.5 Å². The molecule has 1 N–H and O–H groups in total. The van der Waals surface area contributed by atoms with Crippen LogP contribution in [-0.4, -0.2) is 56.6 Å². The lowest BCUT2D eigenvalue weighted by atomic mass is 10.0. The average molecular weight is 591 g/mol. The van der Waals surface area contributed by atoms with Crippen molar-refractivity contribution < 1.29 is 42.1 Å². The molecule has 0 amide bonds. The van der Waals surface area contributed by atoms with Crippen molar-refractivity contribution in [3.8, 4) is 17.2 Å². The van der Waals surface area contributed by atoms with Crippen LogP contribution >= 0.6 is 0 Å². The van der Waals surface area contributed by atoms with Gasteiger partial charge < -0.3 is 19.3 Å². The van der Waals surface area contributed by atoms with E-state index in [4.69, 9.17) is 14.2 Å². The maximum atomic E-state index is 13.2. The van der Waals surface area contributed by atoms with Gasteiger partial charge in [-0.3, -0.25) is 14.4 Å². The van der Waals surface area contributed by atoms with Gasteiger partial charge in [0.2, 0.25) is 0 Å². The van der Waals surface area contributed by atoms with Crippen molar-refractivity contribution in [3.63, 3.8) is 0 Å². The molecule has 9 nitrogen and oxygen atoms in total. The number of hydrogen-bond acceptors (Lipinski definition) is 9. The molecule has 0 unspecified atom stereocenters. The number of phenols is 1. The van der Waals surface area contributed by atoms with E-state index in [0.717, 1.165) is 6.42 Å². The number of sulfone groups is 1. The number of aromatic hydroxyl groups is 1. The maximum Gasteiger partial charge on any atom is 0.305 e. The summed E-state index contributed by atoms with van der Waals surface area (Å²) in [6.45, 7) is 9.00. The van der Waals surface area contributed by atoms with Crippen LogP contribution in [-0.2, 0) is 32.2 Å². The van der Waals surface area contributed by atoms with Gasteiger partial charge in [-0.05, 0) is 70.7 Å². The van der Waals surface area contributed by atoms with Gasteiger partial charge in [0.25, 0.3) is 0 Å². The van der Waals surface area contributed by atoms with Gasteiger partial charge in [0.05, 0.1) is 41.6 Å².